The van der Waals surface area contributed by atoms with Crippen LogP contribution in [0, 0.1) is 10.1 Å². The van der Waals surface area contributed by atoms with Crippen molar-refractivity contribution in [3.05, 3.63) is 83.0 Å². The molecule has 2 rings (SSSR count). The predicted molar refractivity (Wildman–Crippen MR) is 78.2 cm³/mol. The lowest BCUT2D eigenvalue weighted by Crippen LogP contribution is -1.98. The van der Waals surface area contributed by atoms with Gasteiger partial charge in [0.25, 0.3) is 0 Å². The van der Waals surface area contributed by atoms with Crippen molar-refractivity contribution >= 4 is 17.2 Å². The van der Waals surface area contributed by atoms with Gasteiger partial charge in [0.05, 0.1) is 0 Å². The van der Waals surface area contributed by atoms with Crippen LogP contribution in [0.2, 0.25) is 0 Å². The largest absolute Gasteiger partial charge is 0.387 e. The van der Waals surface area contributed by atoms with Crippen molar-refractivity contribution in [2.24, 2.45) is 0 Å². The van der Waals surface area contributed by atoms with Gasteiger partial charge in [0, 0.05) is 5.69 Å². The summed E-state index contributed by atoms with van der Waals surface area (Å²) in [4.78, 5) is 14.2. The van der Waals surface area contributed by atoms with Gasteiger partial charge in [0.1, 0.15) is 11.9 Å². The van der Waals surface area contributed by atoms with Crippen LogP contribution in [0.25, 0.3) is 0 Å². The van der Waals surface area contributed by atoms with Crippen LogP contribution in [-0.4, -0.2) is 9.91 Å². The highest BCUT2D eigenvalue weighted by molar-refractivity contribution is 5.66. The van der Waals surface area contributed by atoms with Crippen LogP contribution >= 0.6 is 0 Å². The number of anilines is 2. The van der Waals surface area contributed by atoms with Crippen LogP contribution in [0.3, 0.4) is 0 Å². The van der Waals surface area contributed by atoms with E-state index in [1.165, 1.54) is 6.20 Å². The normalized spacial score (nSPS) is 9.40. The van der Waals surface area contributed by atoms with Crippen LogP contribution in [-0.2, 0) is 0 Å². The Bertz CT molecular complexity index is 633. The Morgan fingerprint density at radius 2 is 1.50 bits per heavy atom. The van der Waals surface area contributed by atoms with Gasteiger partial charge >= 0.3 is 5.82 Å². The third-order valence-electron chi connectivity index (χ3n) is 2.46. The maximum absolute atomic E-state index is 10.9. The molecule has 0 unspecified atom stereocenters. The quantitative estimate of drug-likeness (QED) is 0.677. The van der Waals surface area contributed by atoms with Gasteiger partial charge in [-0.1, -0.05) is 42.5 Å². The minimum atomic E-state index is -0.509. The maximum atomic E-state index is 10.9. The average Bonchev–Trinajstić information content (AvgIpc) is 2.46. The molecular weight excluding hydrogens is 254 g/mol. The molecule has 2 aromatic rings. The number of hydrogen-bond donors (Lipinski definition) is 1. The highest BCUT2D eigenvalue weighted by Gasteiger charge is 2.13. The highest BCUT2D eigenvalue weighted by atomic mass is 16.6. The lowest BCUT2D eigenvalue weighted by atomic mass is 10.3. The molecule has 0 saturated heterocycles. The Morgan fingerprint density at radius 1 is 0.900 bits per heavy atom. The topological polar surface area (TPSA) is 68.1 Å². The van der Waals surface area contributed by atoms with E-state index in [0.717, 1.165) is 5.69 Å². The van der Waals surface area contributed by atoms with E-state index in [0.29, 0.717) is 5.69 Å². The molecule has 0 fully saturated rings. The zero-order valence-corrected chi connectivity index (χ0v) is 10.6. The maximum Gasteiger partial charge on any atom is 0.387 e. The summed E-state index contributed by atoms with van der Waals surface area (Å²) in [5.41, 5.74) is 1.09. The molecule has 1 N–H and O–H groups in total. The van der Waals surface area contributed by atoms with Gasteiger partial charge in [0.2, 0.25) is 0 Å². The molecule has 5 heteroatoms. The molecule has 0 aliphatic heterocycles. The number of aromatic nitrogens is 1. The molecule has 0 aliphatic carbocycles. The SMILES string of the molecule is O=[N+]([O-])c1ncccc1Nc1ccccccccc1. The Kier molecular flexibility index (Phi) is 4.61. The van der Waals surface area contributed by atoms with Gasteiger partial charge in [0.15, 0.2) is 0 Å². The molecule has 0 aliphatic rings. The molecule has 20 heavy (non-hydrogen) atoms. The Hall–Kier alpha value is -2.95. The summed E-state index contributed by atoms with van der Waals surface area (Å²) in [7, 11) is 0. The first kappa shape index (κ1) is 13.5. The minimum Gasteiger partial charge on any atom is -0.358 e. The summed E-state index contributed by atoms with van der Waals surface area (Å²) >= 11 is 0. The summed E-state index contributed by atoms with van der Waals surface area (Å²) < 4.78 is 0. The van der Waals surface area contributed by atoms with Crippen molar-refractivity contribution in [1.29, 1.82) is 0 Å². The summed E-state index contributed by atoms with van der Waals surface area (Å²) in [5, 5.41) is 13.9. The fourth-order valence-electron chi connectivity index (χ4n) is 1.57. The van der Waals surface area contributed by atoms with Crippen molar-refractivity contribution in [2.45, 2.75) is 0 Å². The Morgan fingerprint density at radius 3 is 2.10 bits per heavy atom. The molecular formula is C15H13N3O2. The van der Waals surface area contributed by atoms with E-state index in [1.807, 2.05) is 54.6 Å². The van der Waals surface area contributed by atoms with Gasteiger partial charge in [-0.05, 0) is 34.2 Å². The number of rotatable bonds is 3. The third kappa shape index (κ3) is 3.78. The van der Waals surface area contributed by atoms with Gasteiger partial charge in [-0.2, -0.15) is 0 Å². The molecule has 0 amide bonds. The van der Waals surface area contributed by atoms with Crippen LogP contribution in [0.1, 0.15) is 0 Å². The summed E-state index contributed by atoms with van der Waals surface area (Å²) in [5.74, 6) is -0.196. The second-order valence-electron chi connectivity index (χ2n) is 3.89. The predicted octanol–water partition coefficient (Wildman–Crippen LogP) is 3.86. The second-order valence-corrected chi connectivity index (χ2v) is 3.89. The van der Waals surface area contributed by atoms with Crippen molar-refractivity contribution in [3.63, 3.8) is 0 Å². The smallest absolute Gasteiger partial charge is 0.358 e. The van der Waals surface area contributed by atoms with E-state index in [4.69, 9.17) is 0 Å². The lowest BCUT2D eigenvalue weighted by molar-refractivity contribution is -0.388. The van der Waals surface area contributed by atoms with E-state index < -0.39 is 4.92 Å². The Balaban J connectivity index is 2.38. The average molecular weight is 267 g/mol. The van der Waals surface area contributed by atoms with Crippen LogP contribution in [0.5, 0.6) is 0 Å². The van der Waals surface area contributed by atoms with E-state index >= 15 is 0 Å². The number of hydrogen-bond acceptors (Lipinski definition) is 4. The lowest BCUT2D eigenvalue weighted by Gasteiger charge is -2.04. The standard InChI is InChI=1S/C15H13N3O2/c19-18(20)15-14(11-8-12-16-15)17-13-9-6-4-2-1-3-5-7-10-13/h1-12,17H. The van der Waals surface area contributed by atoms with Crippen molar-refractivity contribution in [1.82, 2.24) is 4.98 Å². The summed E-state index contributed by atoms with van der Waals surface area (Å²) in [6, 6.07) is 20.1. The van der Waals surface area contributed by atoms with Crippen molar-refractivity contribution in [2.75, 3.05) is 5.32 Å². The molecule has 1 aromatic carbocycles. The minimum absolute atomic E-state index is 0.196. The second kappa shape index (κ2) is 6.84. The molecule has 100 valence electrons. The first-order chi connectivity index (χ1) is 9.77. The monoisotopic (exact) mass is 267 g/mol. The van der Waals surface area contributed by atoms with E-state index in [2.05, 4.69) is 10.3 Å². The number of pyridine rings is 1. The molecule has 1 aromatic heterocycles. The van der Waals surface area contributed by atoms with Gasteiger partial charge in [-0.25, -0.2) is 0 Å². The summed E-state index contributed by atoms with van der Waals surface area (Å²) in [6.45, 7) is 0. The molecule has 5 nitrogen and oxygen atoms in total. The van der Waals surface area contributed by atoms with Crippen molar-refractivity contribution < 1.29 is 4.92 Å². The van der Waals surface area contributed by atoms with E-state index in [1.54, 1.807) is 12.1 Å². The fourth-order valence-corrected chi connectivity index (χ4v) is 1.57. The molecule has 0 radical (unpaired) electrons. The van der Waals surface area contributed by atoms with Crippen LogP contribution in [0.15, 0.2) is 72.9 Å². The highest BCUT2D eigenvalue weighted by Crippen LogP contribution is 2.23. The van der Waals surface area contributed by atoms with Crippen LogP contribution < -0.4 is 5.32 Å². The number of nitro groups is 1. The molecule has 0 spiro atoms. The molecule has 1 heterocycles. The number of nitrogens with zero attached hydrogens (tertiary/aromatic N) is 2. The van der Waals surface area contributed by atoms with Gasteiger partial charge in [-0.3, -0.25) is 0 Å². The summed E-state index contributed by atoms with van der Waals surface area (Å²) in [6.07, 6.45) is 1.40. The third-order valence-corrected chi connectivity index (χ3v) is 2.46. The van der Waals surface area contributed by atoms with Gasteiger partial charge in [-0.15, -0.1) is 0 Å². The van der Waals surface area contributed by atoms with E-state index in [9.17, 15) is 10.1 Å². The zero-order chi connectivity index (χ0) is 14.2. The molecule has 0 bridgehead atoms. The fraction of sp³-hybridized carbons (Fsp3) is 0. The molecule has 0 atom stereocenters. The van der Waals surface area contributed by atoms with E-state index in [-0.39, 0.29) is 5.82 Å². The van der Waals surface area contributed by atoms with Crippen LogP contribution in [0.4, 0.5) is 17.2 Å². The first-order valence-electron chi connectivity index (χ1n) is 6.02. The van der Waals surface area contributed by atoms with Crippen molar-refractivity contribution in [3.8, 4) is 0 Å². The Labute approximate surface area is 116 Å². The number of nitrogens with one attached hydrogen (secondary N) is 1. The molecule has 0 saturated carbocycles. The first-order valence-corrected chi connectivity index (χ1v) is 6.02. The zero-order valence-electron chi connectivity index (χ0n) is 10.6. The van der Waals surface area contributed by atoms with Gasteiger partial charge < -0.3 is 15.4 Å².